The van der Waals surface area contributed by atoms with Crippen molar-refractivity contribution in [2.24, 2.45) is 0 Å². The van der Waals surface area contributed by atoms with Crippen LogP contribution in [-0.4, -0.2) is 29.6 Å². The maximum Gasteiger partial charge on any atom is 0.226 e. The van der Waals surface area contributed by atoms with Crippen LogP contribution in [0.15, 0.2) is 6.07 Å². The van der Waals surface area contributed by atoms with Gasteiger partial charge in [-0.3, -0.25) is 0 Å². The van der Waals surface area contributed by atoms with Crippen molar-refractivity contribution in [1.82, 2.24) is 9.97 Å². The van der Waals surface area contributed by atoms with E-state index in [-0.39, 0.29) is 0 Å². The van der Waals surface area contributed by atoms with Gasteiger partial charge in [-0.15, -0.1) is 11.3 Å². The Kier molecular flexibility index (Phi) is 3.07. The molecule has 2 aromatic rings. The van der Waals surface area contributed by atoms with Gasteiger partial charge in [0, 0.05) is 24.5 Å². The summed E-state index contributed by atoms with van der Waals surface area (Å²) in [4.78, 5) is 14.1. The van der Waals surface area contributed by atoms with E-state index in [0.29, 0.717) is 0 Å². The number of aromatic nitrogens is 2. The molecule has 0 aromatic carbocycles. The summed E-state index contributed by atoms with van der Waals surface area (Å²) in [6.07, 6.45) is 2.54. The van der Waals surface area contributed by atoms with Crippen molar-refractivity contribution >= 4 is 33.3 Å². The van der Waals surface area contributed by atoms with Crippen molar-refractivity contribution in [3.63, 3.8) is 0 Å². The number of hydrogen-bond acceptors (Lipinski definition) is 5. The summed E-state index contributed by atoms with van der Waals surface area (Å²) in [6.45, 7) is 7.30. The highest BCUT2D eigenvalue weighted by Gasteiger charge is 2.19. The Morgan fingerprint density at radius 1 is 1.33 bits per heavy atom. The van der Waals surface area contributed by atoms with Crippen molar-refractivity contribution in [2.75, 3.05) is 29.9 Å². The number of anilines is 2. The Balaban J connectivity index is 2.12. The van der Waals surface area contributed by atoms with Crippen LogP contribution in [0.3, 0.4) is 0 Å². The molecule has 1 saturated heterocycles. The van der Waals surface area contributed by atoms with Gasteiger partial charge in [-0.05, 0) is 32.8 Å². The van der Waals surface area contributed by atoms with Gasteiger partial charge < -0.3 is 10.2 Å². The van der Waals surface area contributed by atoms with Gasteiger partial charge in [-0.2, -0.15) is 4.98 Å². The first-order valence-corrected chi connectivity index (χ1v) is 7.36. The molecular weight excluding hydrogens is 244 g/mol. The molecule has 0 amide bonds. The zero-order valence-corrected chi connectivity index (χ0v) is 11.7. The Morgan fingerprint density at radius 3 is 2.83 bits per heavy atom. The van der Waals surface area contributed by atoms with E-state index in [0.717, 1.165) is 36.2 Å². The lowest BCUT2D eigenvalue weighted by Gasteiger charge is -2.18. The number of rotatable bonds is 3. The van der Waals surface area contributed by atoms with E-state index < -0.39 is 0 Å². The summed E-state index contributed by atoms with van der Waals surface area (Å²) in [5.74, 6) is 1.87. The fourth-order valence-electron chi connectivity index (χ4n) is 2.43. The van der Waals surface area contributed by atoms with Crippen LogP contribution in [0.4, 0.5) is 11.8 Å². The van der Waals surface area contributed by atoms with Crippen molar-refractivity contribution in [2.45, 2.75) is 26.7 Å². The summed E-state index contributed by atoms with van der Waals surface area (Å²) in [5, 5.41) is 4.44. The number of aryl methyl sites for hydroxylation is 1. The summed E-state index contributed by atoms with van der Waals surface area (Å²) < 4.78 is 0. The molecule has 0 radical (unpaired) electrons. The monoisotopic (exact) mass is 262 g/mol. The molecule has 1 aliphatic rings. The van der Waals surface area contributed by atoms with Crippen LogP contribution in [0.2, 0.25) is 0 Å². The molecule has 1 fully saturated rings. The number of nitrogens with one attached hydrogen (secondary N) is 1. The minimum absolute atomic E-state index is 0.758. The third kappa shape index (κ3) is 2.03. The van der Waals surface area contributed by atoms with Crippen molar-refractivity contribution in [1.29, 1.82) is 0 Å². The van der Waals surface area contributed by atoms with Crippen molar-refractivity contribution in [3.05, 3.63) is 10.9 Å². The molecule has 0 bridgehead atoms. The van der Waals surface area contributed by atoms with E-state index in [4.69, 9.17) is 4.98 Å². The Labute approximate surface area is 111 Å². The molecule has 0 unspecified atom stereocenters. The predicted octanol–water partition coefficient (Wildman–Crippen LogP) is 3.03. The fourth-order valence-corrected chi connectivity index (χ4v) is 3.31. The topological polar surface area (TPSA) is 41.1 Å². The SMILES string of the molecule is CCNc1nc(N2CCCC2)c2cc(C)sc2n1. The summed E-state index contributed by atoms with van der Waals surface area (Å²) in [6, 6.07) is 2.21. The summed E-state index contributed by atoms with van der Waals surface area (Å²) in [5.41, 5.74) is 0. The molecule has 5 heteroatoms. The van der Waals surface area contributed by atoms with Gasteiger partial charge in [0.1, 0.15) is 10.6 Å². The van der Waals surface area contributed by atoms with E-state index in [2.05, 4.69) is 35.1 Å². The molecule has 0 saturated carbocycles. The predicted molar refractivity (Wildman–Crippen MR) is 77.8 cm³/mol. The molecule has 1 N–H and O–H groups in total. The average molecular weight is 262 g/mol. The lowest BCUT2D eigenvalue weighted by atomic mass is 10.3. The maximum atomic E-state index is 4.70. The van der Waals surface area contributed by atoms with Crippen LogP contribution in [-0.2, 0) is 0 Å². The van der Waals surface area contributed by atoms with E-state index in [9.17, 15) is 0 Å². The smallest absolute Gasteiger partial charge is 0.226 e. The Morgan fingerprint density at radius 2 is 2.11 bits per heavy atom. The molecule has 1 aliphatic heterocycles. The van der Waals surface area contributed by atoms with E-state index in [1.807, 2.05) is 0 Å². The number of hydrogen-bond donors (Lipinski definition) is 1. The van der Waals surface area contributed by atoms with Gasteiger partial charge in [0.15, 0.2) is 0 Å². The van der Waals surface area contributed by atoms with Gasteiger partial charge in [-0.25, -0.2) is 4.98 Å². The Hall–Kier alpha value is -1.36. The molecule has 0 spiro atoms. The second-order valence-electron chi connectivity index (χ2n) is 4.67. The normalized spacial score (nSPS) is 15.6. The highest BCUT2D eigenvalue weighted by molar-refractivity contribution is 7.18. The molecule has 3 heterocycles. The maximum absolute atomic E-state index is 4.70. The second-order valence-corrected chi connectivity index (χ2v) is 5.91. The van der Waals surface area contributed by atoms with Gasteiger partial charge in [0.05, 0.1) is 5.39 Å². The number of thiophene rings is 1. The molecule has 18 heavy (non-hydrogen) atoms. The highest BCUT2D eigenvalue weighted by atomic mass is 32.1. The molecule has 96 valence electrons. The lowest BCUT2D eigenvalue weighted by molar-refractivity contribution is 0.938. The number of nitrogens with zero attached hydrogens (tertiary/aromatic N) is 3. The lowest BCUT2D eigenvalue weighted by Crippen LogP contribution is -2.20. The minimum atomic E-state index is 0.758. The zero-order valence-electron chi connectivity index (χ0n) is 10.9. The third-order valence-corrected chi connectivity index (χ3v) is 4.18. The highest BCUT2D eigenvalue weighted by Crippen LogP contribution is 2.33. The van der Waals surface area contributed by atoms with Gasteiger partial charge in [0.2, 0.25) is 5.95 Å². The molecule has 2 aromatic heterocycles. The van der Waals surface area contributed by atoms with Crippen LogP contribution in [0, 0.1) is 6.92 Å². The standard InChI is InChI=1S/C13H18N4S/c1-3-14-13-15-11(17-6-4-5-7-17)10-8-9(2)18-12(10)16-13/h8H,3-7H2,1-2H3,(H,14,15,16). The molecular formula is C13H18N4S. The largest absolute Gasteiger partial charge is 0.356 e. The van der Waals surface area contributed by atoms with Crippen molar-refractivity contribution < 1.29 is 0 Å². The molecule has 0 atom stereocenters. The summed E-state index contributed by atoms with van der Waals surface area (Å²) in [7, 11) is 0. The molecule has 3 rings (SSSR count). The van der Waals surface area contributed by atoms with Crippen LogP contribution in [0.1, 0.15) is 24.6 Å². The fraction of sp³-hybridized carbons (Fsp3) is 0.538. The molecule has 0 aliphatic carbocycles. The minimum Gasteiger partial charge on any atom is -0.356 e. The first-order chi connectivity index (χ1) is 8.78. The molecule has 4 nitrogen and oxygen atoms in total. The van der Waals surface area contributed by atoms with Crippen LogP contribution >= 0.6 is 11.3 Å². The quantitative estimate of drug-likeness (QED) is 0.923. The van der Waals surface area contributed by atoms with Crippen molar-refractivity contribution in [3.8, 4) is 0 Å². The first-order valence-electron chi connectivity index (χ1n) is 6.55. The van der Waals surface area contributed by atoms with Crippen LogP contribution in [0.25, 0.3) is 10.2 Å². The van der Waals surface area contributed by atoms with Crippen LogP contribution in [0.5, 0.6) is 0 Å². The Bertz CT molecular complexity index is 557. The zero-order chi connectivity index (χ0) is 12.5. The van der Waals surface area contributed by atoms with Gasteiger partial charge in [-0.1, -0.05) is 0 Å². The number of fused-ring (bicyclic) bond motifs is 1. The average Bonchev–Trinajstić information content (AvgIpc) is 2.96. The van der Waals surface area contributed by atoms with E-state index in [1.54, 1.807) is 11.3 Å². The first kappa shape index (κ1) is 11.7. The second kappa shape index (κ2) is 4.72. The summed E-state index contributed by atoms with van der Waals surface area (Å²) >= 11 is 1.75. The van der Waals surface area contributed by atoms with Crippen LogP contribution < -0.4 is 10.2 Å². The van der Waals surface area contributed by atoms with Gasteiger partial charge >= 0.3 is 0 Å². The van der Waals surface area contributed by atoms with Gasteiger partial charge in [0.25, 0.3) is 0 Å². The third-order valence-electron chi connectivity index (χ3n) is 3.24. The van der Waals surface area contributed by atoms with E-state index >= 15 is 0 Å². The van der Waals surface area contributed by atoms with E-state index in [1.165, 1.54) is 23.1 Å².